The van der Waals surface area contributed by atoms with Gasteiger partial charge in [0.15, 0.2) is 0 Å². The fourth-order valence-electron chi connectivity index (χ4n) is 1.77. The van der Waals surface area contributed by atoms with E-state index in [9.17, 15) is 4.79 Å². The van der Waals surface area contributed by atoms with Gasteiger partial charge in [0.25, 0.3) is 0 Å². The summed E-state index contributed by atoms with van der Waals surface area (Å²) in [5.41, 5.74) is 7.74. The molecular weight excluding hydrogens is 258 g/mol. The molecule has 0 fully saturated rings. The number of aryl methyl sites for hydroxylation is 2. The minimum absolute atomic E-state index is 0.0531. The number of rotatable bonds is 5. The summed E-state index contributed by atoms with van der Waals surface area (Å²) >= 11 is 0. The summed E-state index contributed by atoms with van der Waals surface area (Å²) in [4.78, 5) is 16.1. The van der Waals surface area contributed by atoms with E-state index in [1.807, 2.05) is 13.8 Å². The molecule has 0 aliphatic heterocycles. The van der Waals surface area contributed by atoms with Crippen molar-refractivity contribution >= 4 is 17.5 Å². The maximum atomic E-state index is 11.8. The lowest BCUT2D eigenvalue weighted by atomic mass is 10.2. The summed E-state index contributed by atoms with van der Waals surface area (Å²) in [6.07, 6.45) is 4.58. The first-order valence-electron chi connectivity index (χ1n) is 6.42. The van der Waals surface area contributed by atoms with Crippen molar-refractivity contribution in [2.75, 3.05) is 11.1 Å². The van der Waals surface area contributed by atoms with Crippen molar-refractivity contribution in [3.8, 4) is 0 Å². The molecule has 0 bridgehead atoms. The fraction of sp³-hybridized carbons (Fsp3) is 0.417. The molecule has 0 aromatic carbocycles. The quantitative estimate of drug-likeness (QED) is 0.817. The Labute approximate surface area is 116 Å². The third-order valence-electron chi connectivity index (χ3n) is 2.72. The van der Waals surface area contributed by atoms with Gasteiger partial charge < -0.3 is 5.73 Å². The smallest absolute Gasteiger partial charge is 0.249 e. The number of carbonyl (C=O) groups is 1. The van der Waals surface area contributed by atoms with E-state index < -0.39 is 0 Å². The van der Waals surface area contributed by atoms with Crippen molar-refractivity contribution < 1.29 is 4.79 Å². The van der Waals surface area contributed by atoms with E-state index >= 15 is 0 Å². The van der Waals surface area contributed by atoms with Crippen LogP contribution in [0.25, 0.3) is 0 Å². The largest absolute Gasteiger partial charge is 0.396 e. The second-order valence-corrected chi connectivity index (χ2v) is 4.26. The molecule has 0 unspecified atom stereocenters. The molecule has 0 aliphatic rings. The Morgan fingerprint density at radius 2 is 2.05 bits per heavy atom. The van der Waals surface area contributed by atoms with Crippen LogP contribution in [-0.2, 0) is 24.2 Å². The van der Waals surface area contributed by atoms with Gasteiger partial charge in [-0.15, -0.1) is 10.2 Å². The van der Waals surface area contributed by atoms with Crippen LogP contribution in [0.15, 0.2) is 12.4 Å². The minimum atomic E-state index is -0.277. The molecule has 2 aromatic heterocycles. The predicted molar refractivity (Wildman–Crippen MR) is 73.9 cm³/mol. The highest BCUT2D eigenvalue weighted by Crippen LogP contribution is 2.07. The number of carbonyl (C=O) groups excluding carboxylic acids is 1. The van der Waals surface area contributed by atoms with Crippen LogP contribution in [0.1, 0.15) is 25.2 Å². The maximum Gasteiger partial charge on any atom is 0.249 e. The van der Waals surface area contributed by atoms with Crippen molar-refractivity contribution in [1.29, 1.82) is 0 Å². The van der Waals surface area contributed by atoms with Gasteiger partial charge in [0, 0.05) is 6.20 Å². The average Bonchev–Trinajstić information content (AvgIpc) is 2.83. The summed E-state index contributed by atoms with van der Waals surface area (Å²) in [5.74, 6) is -0.0645. The lowest BCUT2D eigenvalue weighted by Crippen LogP contribution is -2.21. The molecule has 1 amide bonds. The van der Waals surface area contributed by atoms with Crippen LogP contribution in [-0.4, -0.2) is 30.9 Å². The zero-order valence-corrected chi connectivity index (χ0v) is 11.5. The van der Waals surface area contributed by atoms with E-state index in [4.69, 9.17) is 5.73 Å². The Balaban J connectivity index is 2.04. The van der Waals surface area contributed by atoms with Crippen LogP contribution in [0.5, 0.6) is 0 Å². The van der Waals surface area contributed by atoms with Gasteiger partial charge in [-0.25, -0.2) is 4.98 Å². The van der Waals surface area contributed by atoms with Crippen molar-refractivity contribution in [2.24, 2.45) is 0 Å². The molecule has 0 saturated heterocycles. The molecule has 0 radical (unpaired) electrons. The van der Waals surface area contributed by atoms with Crippen molar-refractivity contribution in [3.63, 3.8) is 0 Å². The molecule has 0 aliphatic carbocycles. The number of nitrogens with one attached hydrogen (secondary N) is 1. The number of anilines is 2. The molecule has 3 N–H and O–H groups in total. The highest BCUT2D eigenvalue weighted by Gasteiger charge is 2.10. The predicted octanol–water partition coefficient (Wildman–Crippen LogP) is 0.414. The van der Waals surface area contributed by atoms with Gasteiger partial charge in [0.05, 0.1) is 23.3 Å². The molecule has 20 heavy (non-hydrogen) atoms. The first-order valence-corrected chi connectivity index (χ1v) is 6.42. The lowest BCUT2D eigenvalue weighted by Gasteiger charge is -2.07. The van der Waals surface area contributed by atoms with Crippen LogP contribution >= 0.6 is 0 Å². The highest BCUT2D eigenvalue weighted by molar-refractivity contribution is 5.88. The van der Waals surface area contributed by atoms with E-state index in [0.29, 0.717) is 5.69 Å². The number of nitrogen functional groups attached to an aromatic ring is 1. The summed E-state index contributed by atoms with van der Waals surface area (Å²) in [6, 6.07) is 0. The first-order chi connectivity index (χ1) is 9.62. The van der Waals surface area contributed by atoms with Crippen molar-refractivity contribution in [3.05, 3.63) is 23.8 Å². The van der Waals surface area contributed by atoms with Crippen LogP contribution in [0.4, 0.5) is 11.6 Å². The molecule has 0 atom stereocenters. The number of hydrogen-bond donors (Lipinski definition) is 2. The van der Waals surface area contributed by atoms with Crippen molar-refractivity contribution in [1.82, 2.24) is 25.0 Å². The standard InChI is InChI=1S/C12H17N7O/c1-3-9-10(4-2)17-18-12(15-9)16-11(20)7-19-6-8(13)5-14-19/h5-6H,3-4,7,13H2,1-2H3,(H,15,16,18,20). The molecule has 2 heterocycles. The molecule has 2 rings (SSSR count). The number of aromatic nitrogens is 5. The highest BCUT2D eigenvalue weighted by atomic mass is 16.2. The van der Waals surface area contributed by atoms with Gasteiger partial charge in [-0.1, -0.05) is 13.8 Å². The number of hydrogen-bond acceptors (Lipinski definition) is 6. The summed E-state index contributed by atoms with van der Waals surface area (Å²) in [5, 5.41) is 14.5. The van der Waals surface area contributed by atoms with Crippen LogP contribution < -0.4 is 11.1 Å². The molecule has 2 aromatic rings. The topological polar surface area (TPSA) is 112 Å². The number of amides is 1. The van der Waals surface area contributed by atoms with Crippen LogP contribution in [0.2, 0.25) is 0 Å². The second-order valence-electron chi connectivity index (χ2n) is 4.26. The van der Waals surface area contributed by atoms with E-state index in [2.05, 4.69) is 25.6 Å². The second kappa shape index (κ2) is 6.09. The van der Waals surface area contributed by atoms with E-state index in [-0.39, 0.29) is 18.4 Å². The van der Waals surface area contributed by atoms with E-state index in [0.717, 1.165) is 24.2 Å². The Kier molecular flexibility index (Phi) is 4.24. The monoisotopic (exact) mass is 275 g/mol. The molecule has 0 saturated carbocycles. The number of nitrogens with two attached hydrogens (primary N) is 1. The average molecular weight is 275 g/mol. The fourth-order valence-corrected chi connectivity index (χ4v) is 1.77. The van der Waals surface area contributed by atoms with E-state index in [1.165, 1.54) is 10.9 Å². The molecule has 8 heteroatoms. The SMILES string of the molecule is CCc1nnc(NC(=O)Cn2cc(N)cn2)nc1CC. The Hall–Kier alpha value is -2.51. The van der Waals surface area contributed by atoms with Gasteiger partial charge in [-0.05, 0) is 12.8 Å². The first kappa shape index (κ1) is 13.9. The third kappa shape index (κ3) is 3.28. The Bertz CT molecular complexity index is 608. The Morgan fingerprint density at radius 1 is 1.30 bits per heavy atom. The minimum Gasteiger partial charge on any atom is -0.396 e. The van der Waals surface area contributed by atoms with Gasteiger partial charge in [-0.3, -0.25) is 14.8 Å². The maximum absolute atomic E-state index is 11.8. The lowest BCUT2D eigenvalue weighted by molar-refractivity contribution is -0.117. The number of nitrogens with zero attached hydrogens (tertiary/aromatic N) is 5. The molecule has 8 nitrogen and oxygen atoms in total. The van der Waals surface area contributed by atoms with Crippen LogP contribution in [0, 0.1) is 0 Å². The normalized spacial score (nSPS) is 10.5. The van der Waals surface area contributed by atoms with E-state index in [1.54, 1.807) is 6.20 Å². The van der Waals surface area contributed by atoms with Gasteiger partial charge in [0.2, 0.25) is 11.9 Å². The molecule has 0 spiro atoms. The molecule has 106 valence electrons. The van der Waals surface area contributed by atoms with Gasteiger partial charge in [-0.2, -0.15) is 5.10 Å². The van der Waals surface area contributed by atoms with Gasteiger partial charge in [0.1, 0.15) is 6.54 Å². The van der Waals surface area contributed by atoms with Crippen molar-refractivity contribution in [2.45, 2.75) is 33.2 Å². The zero-order chi connectivity index (χ0) is 14.5. The summed E-state index contributed by atoms with van der Waals surface area (Å²) in [6.45, 7) is 4.03. The zero-order valence-electron chi connectivity index (χ0n) is 11.5. The summed E-state index contributed by atoms with van der Waals surface area (Å²) in [7, 11) is 0. The van der Waals surface area contributed by atoms with Crippen LogP contribution in [0.3, 0.4) is 0 Å². The summed E-state index contributed by atoms with van der Waals surface area (Å²) < 4.78 is 1.44. The molecular formula is C12H17N7O. The Morgan fingerprint density at radius 3 is 2.65 bits per heavy atom. The van der Waals surface area contributed by atoms with Gasteiger partial charge >= 0.3 is 0 Å². The third-order valence-corrected chi connectivity index (χ3v) is 2.72.